The van der Waals surface area contributed by atoms with Gasteiger partial charge in [0.05, 0.1) is 25.4 Å². The van der Waals surface area contributed by atoms with Gasteiger partial charge in [0, 0.05) is 17.0 Å². The molecular weight excluding hydrogens is 356 g/mol. The number of rotatable bonds is 5. The summed E-state index contributed by atoms with van der Waals surface area (Å²) in [6.45, 7) is 0.381. The first-order valence-electron chi connectivity index (χ1n) is 7.84. The molecule has 0 saturated heterocycles. The molecule has 0 aliphatic rings. The van der Waals surface area contributed by atoms with E-state index in [1.165, 1.54) is 7.11 Å². The van der Waals surface area contributed by atoms with Crippen LogP contribution in [0, 0.1) is 0 Å². The lowest BCUT2D eigenvalue weighted by molar-refractivity contribution is 0.0600. The molecule has 7 heteroatoms. The average molecular weight is 373 g/mol. The Morgan fingerprint density at radius 3 is 2.73 bits per heavy atom. The molecule has 0 bridgehead atoms. The maximum Gasteiger partial charge on any atom is 0.345 e. The Kier molecular flexibility index (Phi) is 5.14. The van der Waals surface area contributed by atoms with E-state index in [2.05, 4.69) is 10.3 Å². The van der Waals surface area contributed by atoms with Gasteiger partial charge in [0.1, 0.15) is 11.3 Å². The number of hydrogen-bond acceptors (Lipinski definition) is 5. The molecule has 3 aromatic rings. The van der Waals surface area contributed by atoms with Crippen molar-refractivity contribution in [3.63, 3.8) is 0 Å². The number of pyridine rings is 1. The van der Waals surface area contributed by atoms with Gasteiger partial charge >= 0.3 is 5.97 Å². The van der Waals surface area contributed by atoms with Gasteiger partial charge in [-0.25, -0.2) is 4.79 Å². The molecule has 0 saturated carbocycles. The summed E-state index contributed by atoms with van der Waals surface area (Å²) in [7, 11) is 2.82. The molecule has 0 radical (unpaired) electrons. The summed E-state index contributed by atoms with van der Waals surface area (Å²) in [4.78, 5) is 27.2. The average Bonchev–Trinajstić information content (AvgIpc) is 2.65. The Labute approximate surface area is 154 Å². The van der Waals surface area contributed by atoms with Crippen LogP contribution in [0.4, 0.5) is 5.69 Å². The van der Waals surface area contributed by atoms with Crippen molar-refractivity contribution in [1.29, 1.82) is 0 Å². The third kappa shape index (κ3) is 3.50. The summed E-state index contributed by atoms with van der Waals surface area (Å²) in [5, 5.41) is 4.29. The molecule has 2 N–H and O–H groups in total. The van der Waals surface area contributed by atoms with Crippen molar-refractivity contribution in [1.82, 2.24) is 4.98 Å². The zero-order valence-electron chi connectivity index (χ0n) is 14.3. The van der Waals surface area contributed by atoms with Crippen LogP contribution in [-0.2, 0) is 11.3 Å². The van der Waals surface area contributed by atoms with E-state index in [1.54, 1.807) is 25.3 Å². The highest BCUT2D eigenvalue weighted by molar-refractivity contribution is 6.31. The minimum atomic E-state index is -0.721. The van der Waals surface area contributed by atoms with Gasteiger partial charge in [-0.15, -0.1) is 0 Å². The first kappa shape index (κ1) is 17.8. The van der Waals surface area contributed by atoms with Crippen LogP contribution in [0.1, 0.15) is 15.9 Å². The molecule has 134 valence electrons. The van der Waals surface area contributed by atoms with Crippen molar-refractivity contribution in [2.75, 3.05) is 19.5 Å². The van der Waals surface area contributed by atoms with Crippen molar-refractivity contribution >= 4 is 34.2 Å². The van der Waals surface area contributed by atoms with Gasteiger partial charge in [0.25, 0.3) is 5.56 Å². The smallest absolute Gasteiger partial charge is 0.345 e. The van der Waals surface area contributed by atoms with E-state index < -0.39 is 11.5 Å². The van der Waals surface area contributed by atoms with Crippen LogP contribution in [0.3, 0.4) is 0 Å². The number of H-pyrrole nitrogens is 1. The number of aromatic nitrogens is 1. The van der Waals surface area contributed by atoms with Crippen LogP contribution in [0.5, 0.6) is 5.75 Å². The highest BCUT2D eigenvalue weighted by Crippen LogP contribution is 2.28. The molecule has 3 rings (SSSR count). The largest absolute Gasteiger partial charge is 0.497 e. The van der Waals surface area contributed by atoms with E-state index in [0.717, 1.165) is 11.3 Å². The van der Waals surface area contributed by atoms with Gasteiger partial charge in [-0.05, 0) is 35.9 Å². The number of esters is 1. The van der Waals surface area contributed by atoms with Crippen LogP contribution < -0.4 is 15.6 Å². The molecule has 6 nitrogen and oxygen atoms in total. The Morgan fingerprint density at radius 1 is 1.19 bits per heavy atom. The van der Waals surface area contributed by atoms with Crippen LogP contribution in [0.25, 0.3) is 10.9 Å². The number of carbonyl (C=O) groups is 1. The van der Waals surface area contributed by atoms with E-state index >= 15 is 0 Å². The summed E-state index contributed by atoms with van der Waals surface area (Å²) >= 11 is 6.10. The number of hydrogen-bond donors (Lipinski definition) is 2. The molecule has 0 unspecified atom stereocenters. The zero-order valence-corrected chi connectivity index (χ0v) is 15.0. The fraction of sp³-hybridized carbons (Fsp3) is 0.158. The summed E-state index contributed by atoms with van der Waals surface area (Å²) in [6.07, 6.45) is 0. The number of nitrogens with one attached hydrogen (secondary N) is 2. The third-order valence-electron chi connectivity index (χ3n) is 3.97. The normalized spacial score (nSPS) is 10.6. The van der Waals surface area contributed by atoms with Crippen LogP contribution in [-0.4, -0.2) is 25.2 Å². The summed E-state index contributed by atoms with van der Waals surface area (Å²) < 4.78 is 9.99. The number of halogens is 1. The fourth-order valence-corrected chi connectivity index (χ4v) is 2.89. The Morgan fingerprint density at radius 2 is 2.00 bits per heavy atom. The monoisotopic (exact) mass is 372 g/mol. The minimum Gasteiger partial charge on any atom is -0.497 e. The van der Waals surface area contributed by atoms with Crippen molar-refractivity contribution in [2.24, 2.45) is 0 Å². The first-order chi connectivity index (χ1) is 12.5. The molecule has 1 aromatic heterocycles. The van der Waals surface area contributed by atoms with Crippen LogP contribution >= 0.6 is 11.6 Å². The van der Waals surface area contributed by atoms with Crippen molar-refractivity contribution in [2.45, 2.75) is 6.54 Å². The van der Waals surface area contributed by atoms with Crippen LogP contribution in [0.15, 0.2) is 47.3 Å². The predicted octanol–water partition coefficient (Wildman–Crippen LogP) is 3.59. The molecule has 0 amide bonds. The standard InChI is InChI=1S/C19H17ClN2O4/c1-25-13-5-3-4-11(8-13)10-21-17-14-9-12(20)6-7-15(14)22-18(23)16(17)19(24)26-2/h3-9H,10H2,1-2H3,(H2,21,22,23). The second-order valence-corrected chi connectivity index (χ2v) is 6.03. The molecule has 2 aromatic carbocycles. The second-order valence-electron chi connectivity index (χ2n) is 5.59. The molecule has 1 heterocycles. The van der Waals surface area contributed by atoms with Crippen molar-refractivity contribution in [3.05, 3.63) is 69.0 Å². The van der Waals surface area contributed by atoms with Gasteiger partial charge in [0.2, 0.25) is 0 Å². The topological polar surface area (TPSA) is 80.4 Å². The Bertz CT molecular complexity index is 1030. The molecule has 0 aliphatic carbocycles. The highest BCUT2D eigenvalue weighted by Gasteiger charge is 2.20. The number of ether oxygens (including phenoxy) is 2. The van der Waals surface area contributed by atoms with E-state index in [4.69, 9.17) is 21.1 Å². The van der Waals surface area contributed by atoms with Crippen molar-refractivity contribution < 1.29 is 14.3 Å². The molecule has 0 fully saturated rings. The lowest BCUT2D eigenvalue weighted by atomic mass is 10.1. The third-order valence-corrected chi connectivity index (χ3v) is 4.20. The number of methoxy groups -OCH3 is 2. The number of fused-ring (bicyclic) bond motifs is 1. The van der Waals surface area contributed by atoms with Gasteiger partial charge in [-0.3, -0.25) is 4.79 Å². The quantitative estimate of drug-likeness (QED) is 0.669. The Hall–Kier alpha value is -2.99. The van der Waals surface area contributed by atoms with Gasteiger partial charge in [0.15, 0.2) is 0 Å². The van der Waals surface area contributed by atoms with E-state index in [-0.39, 0.29) is 5.56 Å². The van der Waals surface area contributed by atoms with E-state index in [1.807, 2.05) is 24.3 Å². The fourth-order valence-electron chi connectivity index (χ4n) is 2.72. The summed E-state index contributed by atoms with van der Waals surface area (Å²) in [5.41, 5.74) is 1.25. The maximum atomic E-state index is 12.4. The summed E-state index contributed by atoms with van der Waals surface area (Å²) in [6, 6.07) is 12.5. The number of benzene rings is 2. The first-order valence-corrected chi connectivity index (χ1v) is 8.22. The van der Waals surface area contributed by atoms with Gasteiger partial charge in [-0.1, -0.05) is 23.7 Å². The van der Waals surface area contributed by atoms with E-state index in [0.29, 0.717) is 28.2 Å². The molecule has 0 spiro atoms. The molecular formula is C19H17ClN2O4. The zero-order chi connectivity index (χ0) is 18.7. The van der Waals surface area contributed by atoms with Crippen molar-refractivity contribution in [3.8, 4) is 5.75 Å². The minimum absolute atomic E-state index is 0.0924. The number of aromatic amines is 1. The SMILES string of the molecule is COC(=O)c1c(NCc2cccc(OC)c2)c2cc(Cl)ccc2[nH]c1=O. The van der Waals surface area contributed by atoms with Crippen LogP contribution in [0.2, 0.25) is 5.02 Å². The Balaban J connectivity index is 2.10. The lowest BCUT2D eigenvalue weighted by Crippen LogP contribution is -2.22. The van der Waals surface area contributed by atoms with E-state index in [9.17, 15) is 9.59 Å². The van der Waals surface area contributed by atoms with Gasteiger partial charge in [-0.2, -0.15) is 0 Å². The van der Waals surface area contributed by atoms with Gasteiger partial charge < -0.3 is 19.8 Å². The second kappa shape index (κ2) is 7.49. The molecule has 0 aliphatic heterocycles. The number of anilines is 1. The molecule has 26 heavy (non-hydrogen) atoms. The number of carbonyl (C=O) groups excluding carboxylic acids is 1. The molecule has 0 atom stereocenters. The highest BCUT2D eigenvalue weighted by atomic mass is 35.5. The summed E-state index contributed by atoms with van der Waals surface area (Å²) in [5.74, 6) is -0.00225. The lowest BCUT2D eigenvalue weighted by Gasteiger charge is -2.14. The predicted molar refractivity (Wildman–Crippen MR) is 101 cm³/mol. The maximum absolute atomic E-state index is 12.4.